The molecule has 0 aliphatic carbocycles. The van der Waals surface area contributed by atoms with E-state index in [2.05, 4.69) is 15.6 Å². The van der Waals surface area contributed by atoms with Crippen molar-refractivity contribution >= 4 is 23.0 Å². The molecular weight excluding hydrogens is 358 g/mol. The van der Waals surface area contributed by atoms with E-state index in [0.717, 1.165) is 11.4 Å². The summed E-state index contributed by atoms with van der Waals surface area (Å²) >= 11 is 0. The van der Waals surface area contributed by atoms with E-state index in [1.165, 1.54) is 6.20 Å². The summed E-state index contributed by atoms with van der Waals surface area (Å²) in [6.07, 6.45) is 3.18. The SMILES string of the molecule is COc1ccc(Nc2cncc(C(=O)Nc3ccc4c(c3)OCCO4)c2)cc1. The zero-order chi connectivity index (χ0) is 19.3. The van der Waals surface area contributed by atoms with Crippen LogP contribution in [0.3, 0.4) is 0 Å². The Hall–Kier alpha value is -3.74. The van der Waals surface area contributed by atoms with Crippen LogP contribution in [0.15, 0.2) is 60.9 Å². The molecule has 2 heterocycles. The van der Waals surface area contributed by atoms with Gasteiger partial charge in [-0.1, -0.05) is 0 Å². The summed E-state index contributed by atoms with van der Waals surface area (Å²) in [6, 6.07) is 14.5. The van der Waals surface area contributed by atoms with Crippen molar-refractivity contribution < 1.29 is 19.0 Å². The largest absolute Gasteiger partial charge is 0.497 e. The lowest BCUT2D eigenvalue weighted by Gasteiger charge is -2.19. The molecule has 0 atom stereocenters. The lowest BCUT2D eigenvalue weighted by Crippen LogP contribution is -2.16. The first kappa shape index (κ1) is 17.7. The molecule has 1 aliphatic heterocycles. The topological polar surface area (TPSA) is 81.7 Å². The summed E-state index contributed by atoms with van der Waals surface area (Å²) in [5.74, 6) is 1.81. The van der Waals surface area contributed by atoms with Crippen LogP contribution in [-0.2, 0) is 0 Å². The Kier molecular flexibility index (Phi) is 4.97. The van der Waals surface area contributed by atoms with Crippen molar-refractivity contribution in [1.82, 2.24) is 4.98 Å². The van der Waals surface area contributed by atoms with Crippen LogP contribution in [0.1, 0.15) is 10.4 Å². The van der Waals surface area contributed by atoms with Gasteiger partial charge in [-0.05, 0) is 42.5 Å². The van der Waals surface area contributed by atoms with Crippen molar-refractivity contribution in [3.63, 3.8) is 0 Å². The Morgan fingerprint density at radius 2 is 1.68 bits per heavy atom. The number of hydrogen-bond donors (Lipinski definition) is 2. The number of fused-ring (bicyclic) bond motifs is 1. The number of carbonyl (C=O) groups excluding carboxylic acids is 1. The summed E-state index contributed by atoms with van der Waals surface area (Å²) in [5, 5.41) is 6.08. The molecule has 0 spiro atoms. The second-order valence-electron chi connectivity index (χ2n) is 6.13. The molecule has 0 bridgehead atoms. The van der Waals surface area contributed by atoms with Gasteiger partial charge in [0.25, 0.3) is 5.91 Å². The standard InChI is InChI=1S/C21H19N3O4/c1-26-18-5-2-15(3-6-18)23-17-10-14(12-22-13-17)21(25)24-16-4-7-19-20(11-16)28-9-8-27-19/h2-7,10-13,23H,8-9H2,1H3,(H,24,25). The van der Waals surface area contributed by atoms with E-state index in [4.69, 9.17) is 14.2 Å². The Morgan fingerprint density at radius 1 is 0.929 bits per heavy atom. The molecule has 0 saturated carbocycles. The number of rotatable bonds is 5. The maximum Gasteiger partial charge on any atom is 0.257 e. The minimum Gasteiger partial charge on any atom is -0.497 e. The monoisotopic (exact) mass is 377 g/mol. The molecule has 0 saturated heterocycles. The molecule has 1 aromatic heterocycles. The van der Waals surface area contributed by atoms with Crippen molar-refractivity contribution in [2.24, 2.45) is 0 Å². The maximum absolute atomic E-state index is 12.6. The molecule has 4 rings (SSSR count). The Labute approximate surface area is 162 Å². The summed E-state index contributed by atoms with van der Waals surface area (Å²) < 4.78 is 16.2. The minimum absolute atomic E-state index is 0.262. The fourth-order valence-electron chi connectivity index (χ4n) is 2.80. The first-order chi connectivity index (χ1) is 13.7. The summed E-state index contributed by atoms with van der Waals surface area (Å²) in [6.45, 7) is 1.02. The second-order valence-corrected chi connectivity index (χ2v) is 6.13. The van der Waals surface area contributed by atoms with E-state index >= 15 is 0 Å². The van der Waals surface area contributed by atoms with E-state index in [0.29, 0.717) is 41.7 Å². The highest BCUT2D eigenvalue weighted by Gasteiger charge is 2.14. The average Bonchev–Trinajstić information content (AvgIpc) is 2.74. The van der Waals surface area contributed by atoms with Crippen molar-refractivity contribution in [2.75, 3.05) is 31.0 Å². The van der Waals surface area contributed by atoms with E-state index in [1.807, 2.05) is 24.3 Å². The summed E-state index contributed by atoms with van der Waals surface area (Å²) in [5.41, 5.74) is 2.64. The van der Waals surface area contributed by atoms with Gasteiger partial charge in [0, 0.05) is 23.6 Å². The lowest BCUT2D eigenvalue weighted by atomic mass is 10.2. The van der Waals surface area contributed by atoms with Crippen LogP contribution in [0.25, 0.3) is 0 Å². The first-order valence-electron chi connectivity index (χ1n) is 8.78. The van der Waals surface area contributed by atoms with Crippen LogP contribution in [0.2, 0.25) is 0 Å². The fourth-order valence-corrected chi connectivity index (χ4v) is 2.80. The number of pyridine rings is 1. The maximum atomic E-state index is 12.6. The molecule has 142 valence electrons. The molecule has 7 nitrogen and oxygen atoms in total. The third-order valence-corrected chi connectivity index (χ3v) is 4.18. The number of methoxy groups -OCH3 is 1. The zero-order valence-electron chi connectivity index (χ0n) is 15.3. The third kappa shape index (κ3) is 3.98. The highest BCUT2D eigenvalue weighted by Crippen LogP contribution is 2.32. The number of carbonyl (C=O) groups is 1. The number of aromatic nitrogens is 1. The predicted octanol–water partition coefficient (Wildman–Crippen LogP) is 3.86. The van der Waals surface area contributed by atoms with Gasteiger partial charge in [0.1, 0.15) is 19.0 Å². The highest BCUT2D eigenvalue weighted by molar-refractivity contribution is 6.04. The van der Waals surface area contributed by atoms with E-state index in [1.54, 1.807) is 37.6 Å². The van der Waals surface area contributed by atoms with Gasteiger partial charge < -0.3 is 24.8 Å². The van der Waals surface area contributed by atoms with Crippen molar-refractivity contribution in [3.05, 3.63) is 66.5 Å². The predicted molar refractivity (Wildman–Crippen MR) is 106 cm³/mol. The van der Waals surface area contributed by atoms with Gasteiger partial charge in [0.2, 0.25) is 0 Å². The lowest BCUT2D eigenvalue weighted by molar-refractivity contribution is 0.102. The molecule has 2 aromatic carbocycles. The Balaban J connectivity index is 1.46. The molecule has 28 heavy (non-hydrogen) atoms. The number of nitrogens with one attached hydrogen (secondary N) is 2. The van der Waals surface area contributed by atoms with Gasteiger partial charge in [-0.15, -0.1) is 0 Å². The fraction of sp³-hybridized carbons (Fsp3) is 0.143. The molecule has 0 fully saturated rings. The normalized spacial score (nSPS) is 12.2. The number of amides is 1. The molecule has 1 aliphatic rings. The molecule has 1 amide bonds. The van der Waals surface area contributed by atoms with Gasteiger partial charge in [-0.3, -0.25) is 9.78 Å². The van der Waals surface area contributed by atoms with E-state index in [-0.39, 0.29) is 5.91 Å². The van der Waals surface area contributed by atoms with Gasteiger partial charge in [-0.2, -0.15) is 0 Å². The van der Waals surface area contributed by atoms with Crippen LogP contribution in [-0.4, -0.2) is 31.2 Å². The number of hydrogen-bond acceptors (Lipinski definition) is 6. The van der Waals surface area contributed by atoms with Gasteiger partial charge >= 0.3 is 0 Å². The second kappa shape index (κ2) is 7.87. The van der Waals surface area contributed by atoms with Crippen LogP contribution in [0.4, 0.5) is 17.1 Å². The molecule has 3 aromatic rings. The van der Waals surface area contributed by atoms with E-state index in [9.17, 15) is 4.79 Å². The zero-order valence-corrected chi connectivity index (χ0v) is 15.3. The molecule has 2 N–H and O–H groups in total. The van der Waals surface area contributed by atoms with Crippen LogP contribution >= 0.6 is 0 Å². The van der Waals surface area contributed by atoms with Gasteiger partial charge in [-0.25, -0.2) is 0 Å². The van der Waals surface area contributed by atoms with Crippen molar-refractivity contribution in [2.45, 2.75) is 0 Å². The number of anilines is 3. The molecule has 0 unspecified atom stereocenters. The van der Waals surface area contributed by atoms with Gasteiger partial charge in [0.05, 0.1) is 24.6 Å². The molecule has 7 heteroatoms. The van der Waals surface area contributed by atoms with Crippen LogP contribution in [0, 0.1) is 0 Å². The van der Waals surface area contributed by atoms with Crippen molar-refractivity contribution in [3.8, 4) is 17.2 Å². The molecular formula is C21H19N3O4. The Bertz CT molecular complexity index is 989. The first-order valence-corrected chi connectivity index (χ1v) is 8.78. The van der Waals surface area contributed by atoms with Gasteiger partial charge in [0.15, 0.2) is 11.5 Å². The highest BCUT2D eigenvalue weighted by atomic mass is 16.6. The summed E-state index contributed by atoms with van der Waals surface area (Å²) in [7, 11) is 1.62. The smallest absolute Gasteiger partial charge is 0.257 e. The molecule has 0 radical (unpaired) electrons. The van der Waals surface area contributed by atoms with Crippen LogP contribution in [0.5, 0.6) is 17.2 Å². The van der Waals surface area contributed by atoms with Crippen LogP contribution < -0.4 is 24.8 Å². The average molecular weight is 377 g/mol. The number of ether oxygens (including phenoxy) is 3. The van der Waals surface area contributed by atoms with Crippen molar-refractivity contribution in [1.29, 1.82) is 0 Å². The third-order valence-electron chi connectivity index (χ3n) is 4.18. The number of nitrogens with zero attached hydrogens (tertiary/aromatic N) is 1. The summed E-state index contributed by atoms with van der Waals surface area (Å²) in [4.78, 5) is 16.8. The Morgan fingerprint density at radius 3 is 2.46 bits per heavy atom. The minimum atomic E-state index is -0.262. The van der Waals surface area contributed by atoms with E-state index < -0.39 is 0 Å². The quantitative estimate of drug-likeness (QED) is 0.703. The number of benzene rings is 2.